The van der Waals surface area contributed by atoms with Crippen molar-refractivity contribution in [3.05, 3.63) is 11.9 Å². The number of aromatic nitrogens is 2. The molecule has 1 aromatic heterocycles. The van der Waals surface area contributed by atoms with Gasteiger partial charge in [0.15, 0.2) is 0 Å². The summed E-state index contributed by atoms with van der Waals surface area (Å²) in [5.41, 5.74) is 0.736. The summed E-state index contributed by atoms with van der Waals surface area (Å²) < 4.78 is 0. The minimum Gasteiger partial charge on any atom is -0.388 e. The van der Waals surface area contributed by atoms with Crippen LogP contribution >= 0.6 is 0 Å². The smallest absolute Gasteiger partial charge is 0.134 e. The lowest BCUT2D eigenvalue weighted by atomic mass is 9.71. The molecule has 5 heteroatoms. The van der Waals surface area contributed by atoms with Crippen molar-refractivity contribution in [1.82, 2.24) is 9.97 Å². The average Bonchev–Trinajstić information content (AvgIpc) is 2.44. The van der Waals surface area contributed by atoms with Gasteiger partial charge in [0.1, 0.15) is 18.0 Å². The standard InChI is InChI=1S/C16H28N4O/c1-5-17-13-12(2)14(20-11-19-13)18-10-16(21)8-6-15(3,4)7-9-16/h11,21H,5-10H2,1-4H3,(H2,17,18,19,20). The predicted octanol–water partition coefficient (Wildman–Crippen LogP) is 2.96. The SMILES string of the molecule is CCNc1ncnc(NCC2(O)CCC(C)(C)CC2)c1C. The Morgan fingerprint density at radius 2 is 1.67 bits per heavy atom. The van der Waals surface area contributed by atoms with Crippen molar-refractivity contribution in [2.45, 2.75) is 59.0 Å². The Kier molecular flexibility index (Phi) is 4.71. The summed E-state index contributed by atoms with van der Waals surface area (Å²) in [5.74, 6) is 1.66. The molecule has 21 heavy (non-hydrogen) atoms. The van der Waals surface area contributed by atoms with Gasteiger partial charge in [-0.1, -0.05) is 13.8 Å². The van der Waals surface area contributed by atoms with Gasteiger partial charge in [0.05, 0.1) is 5.60 Å². The van der Waals surface area contributed by atoms with E-state index in [0.717, 1.165) is 49.4 Å². The molecule has 1 heterocycles. The first-order valence-corrected chi connectivity index (χ1v) is 7.87. The lowest BCUT2D eigenvalue weighted by Crippen LogP contribution is -2.42. The molecule has 0 saturated heterocycles. The number of aliphatic hydroxyl groups is 1. The highest BCUT2D eigenvalue weighted by atomic mass is 16.3. The fourth-order valence-corrected chi connectivity index (χ4v) is 2.79. The van der Waals surface area contributed by atoms with Gasteiger partial charge in [0, 0.05) is 18.7 Å². The van der Waals surface area contributed by atoms with E-state index >= 15 is 0 Å². The van der Waals surface area contributed by atoms with Crippen LogP contribution in [0.1, 0.15) is 52.0 Å². The lowest BCUT2D eigenvalue weighted by Gasteiger charge is -2.40. The predicted molar refractivity (Wildman–Crippen MR) is 86.6 cm³/mol. The summed E-state index contributed by atoms with van der Waals surface area (Å²) in [5, 5.41) is 17.2. The summed E-state index contributed by atoms with van der Waals surface area (Å²) in [7, 11) is 0. The van der Waals surface area contributed by atoms with E-state index in [1.165, 1.54) is 0 Å². The first kappa shape index (κ1) is 16.0. The van der Waals surface area contributed by atoms with Crippen LogP contribution in [0.5, 0.6) is 0 Å². The van der Waals surface area contributed by atoms with Crippen molar-refractivity contribution >= 4 is 11.6 Å². The number of nitrogens with one attached hydrogen (secondary N) is 2. The second-order valence-electron chi connectivity index (χ2n) is 6.97. The van der Waals surface area contributed by atoms with Crippen molar-refractivity contribution in [1.29, 1.82) is 0 Å². The van der Waals surface area contributed by atoms with Crippen LogP contribution in [0.25, 0.3) is 0 Å². The normalized spacial score (nSPS) is 20.0. The van der Waals surface area contributed by atoms with Gasteiger partial charge >= 0.3 is 0 Å². The Morgan fingerprint density at radius 1 is 1.10 bits per heavy atom. The molecule has 0 amide bonds. The molecule has 0 atom stereocenters. The van der Waals surface area contributed by atoms with Gasteiger partial charge in [-0.2, -0.15) is 0 Å². The molecule has 2 rings (SSSR count). The Morgan fingerprint density at radius 3 is 2.24 bits per heavy atom. The molecule has 5 nitrogen and oxygen atoms in total. The molecule has 1 fully saturated rings. The quantitative estimate of drug-likeness (QED) is 0.778. The number of nitrogens with zero attached hydrogens (tertiary/aromatic N) is 2. The maximum absolute atomic E-state index is 10.7. The Labute approximate surface area is 127 Å². The summed E-state index contributed by atoms with van der Waals surface area (Å²) in [6.45, 7) is 9.97. The third-order valence-electron chi connectivity index (χ3n) is 4.55. The van der Waals surface area contributed by atoms with Crippen molar-refractivity contribution in [2.24, 2.45) is 5.41 Å². The molecule has 0 aliphatic heterocycles. The van der Waals surface area contributed by atoms with E-state index in [1.807, 2.05) is 13.8 Å². The number of hydrogen-bond acceptors (Lipinski definition) is 5. The van der Waals surface area contributed by atoms with E-state index in [0.29, 0.717) is 12.0 Å². The zero-order valence-corrected chi connectivity index (χ0v) is 13.7. The van der Waals surface area contributed by atoms with Crippen molar-refractivity contribution < 1.29 is 5.11 Å². The molecule has 3 N–H and O–H groups in total. The van der Waals surface area contributed by atoms with E-state index in [9.17, 15) is 5.11 Å². The Balaban J connectivity index is 1.98. The Bertz CT molecular complexity index is 477. The third kappa shape index (κ3) is 4.06. The van der Waals surface area contributed by atoms with Crippen LogP contribution in [0.3, 0.4) is 0 Å². The molecule has 1 aliphatic rings. The molecule has 0 unspecified atom stereocenters. The maximum Gasteiger partial charge on any atom is 0.134 e. The second kappa shape index (κ2) is 6.18. The molecule has 0 radical (unpaired) electrons. The lowest BCUT2D eigenvalue weighted by molar-refractivity contribution is -0.0146. The zero-order chi connectivity index (χ0) is 15.5. The largest absolute Gasteiger partial charge is 0.388 e. The van der Waals surface area contributed by atoms with Crippen LogP contribution in [0.15, 0.2) is 6.33 Å². The summed E-state index contributed by atoms with van der Waals surface area (Å²) in [6, 6.07) is 0. The molecule has 118 valence electrons. The summed E-state index contributed by atoms with van der Waals surface area (Å²) in [4.78, 5) is 8.53. The van der Waals surface area contributed by atoms with Gasteiger partial charge in [-0.15, -0.1) is 0 Å². The van der Waals surface area contributed by atoms with Crippen LogP contribution in [0, 0.1) is 12.3 Å². The van der Waals surface area contributed by atoms with E-state index in [4.69, 9.17) is 0 Å². The molecular weight excluding hydrogens is 264 g/mol. The average molecular weight is 292 g/mol. The van der Waals surface area contributed by atoms with Crippen LogP contribution in [0.2, 0.25) is 0 Å². The fraction of sp³-hybridized carbons (Fsp3) is 0.750. The minimum atomic E-state index is -0.620. The van der Waals surface area contributed by atoms with E-state index in [2.05, 4.69) is 34.4 Å². The Hall–Kier alpha value is -1.36. The van der Waals surface area contributed by atoms with Crippen molar-refractivity contribution in [3.63, 3.8) is 0 Å². The molecule has 1 aliphatic carbocycles. The highest BCUT2D eigenvalue weighted by Gasteiger charge is 2.36. The van der Waals surface area contributed by atoms with Gasteiger partial charge in [-0.05, 0) is 44.9 Å². The van der Waals surface area contributed by atoms with Gasteiger partial charge < -0.3 is 15.7 Å². The van der Waals surface area contributed by atoms with Crippen molar-refractivity contribution in [3.8, 4) is 0 Å². The fourth-order valence-electron chi connectivity index (χ4n) is 2.79. The first-order valence-electron chi connectivity index (χ1n) is 7.87. The first-order chi connectivity index (χ1) is 9.85. The molecule has 1 saturated carbocycles. The van der Waals surface area contributed by atoms with E-state index in [-0.39, 0.29) is 0 Å². The van der Waals surface area contributed by atoms with Crippen LogP contribution in [-0.4, -0.2) is 33.8 Å². The molecule has 0 bridgehead atoms. The highest BCUT2D eigenvalue weighted by Crippen LogP contribution is 2.40. The monoisotopic (exact) mass is 292 g/mol. The van der Waals surface area contributed by atoms with Crippen LogP contribution in [0.4, 0.5) is 11.6 Å². The van der Waals surface area contributed by atoms with Gasteiger partial charge in [-0.3, -0.25) is 0 Å². The number of rotatable bonds is 5. The summed E-state index contributed by atoms with van der Waals surface area (Å²) >= 11 is 0. The molecular formula is C16H28N4O. The molecule has 0 aromatic carbocycles. The van der Waals surface area contributed by atoms with E-state index in [1.54, 1.807) is 6.33 Å². The molecule has 0 spiro atoms. The minimum absolute atomic E-state index is 0.356. The third-order valence-corrected chi connectivity index (χ3v) is 4.55. The second-order valence-corrected chi connectivity index (χ2v) is 6.97. The maximum atomic E-state index is 10.7. The van der Waals surface area contributed by atoms with Gasteiger partial charge in [-0.25, -0.2) is 9.97 Å². The number of anilines is 2. The highest BCUT2D eigenvalue weighted by molar-refractivity contribution is 5.56. The van der Waals surface area contributed by atoms with Gasteiger partial charge in [0.2, 0.25) is 0 Å². The van der Waals surface area contributed by atoms with Crippen LogP contribution < -0.4 is 10.6 Å². The number of hydrogen-bond donors (Lipinski definition) is 3. The van der Waals surface area contributed by atoms with Gasteiger partial charge in [0.25, 0.3) is 0 Å². The van der Waals surface area contributed by atoms with E-state index < -0.39 is 5.60 Å². The zero-order valence-electron chi connectivity index (χ0n) is 13.7. The summed E-state index contributed by atoms with van der Waals surface area (Å²) in [6.07, 6.45) is 5.38. The molecule has 1 aromatic rings. The van der Waals surface area contributed by atoms with Crippen LogP contribution in [-0.2, 0) is 0 Å². The van der Waals surface area contributed by atoms with Crippen molar-refractivity contribution in [2.75, 3.05) is 23.7 Å². The topological polar surface area (TPSA) is 70.1 Å².